The van der Waals surface area contributed by atoms with Gasteiger partial charge in [0.15, 0.2) is 11.5 Å². The molecular formula is C15H23N3O3. The SMILES string of the molecule is COc1cc(C(CN)N2CCN(C)CC2)cc2c1OCO2. The lowest BCUT2D eigenvalue weighted by molar-refractivity contribution is 0.114. The van der Waals surface area contributed by atoms with E-state index in [0.717, 1.165) is 37.5 Å². The average Bonchev–Trinajstić information content (AvgIpc) is 2.97. The third kappa shape index (κ3) is 2.79. The minimum absolute atomic E-state index is 0.183. The van der Waals surface area contributed by atoms with Gasteiger partial charge >= 0.3 is 0 Å². The molecule has 6 heteroatoms. The molecule has 1 saturated heterocycles. The van der Waals surface area contributed by atoms with Gasteiger partial charge in [-0.3, -0.25) is 4.90 Å². The van der Waals surface area contributed by atoms with Gasteiger partial charge in [0.2, 0.25) is 12.5 Å². The molecule has 116 valence electrons. The van der Waals surface area contributed by atoms with Crippen molar-refractivity contribution in [1.82, 2.24) is 9.80 Å². The summed E-state index contributed by atoms with van der Waals surface area (Å²) in [6, 6.07) is 4.23. The van der Waals surface area contributed by atoms with Gasteiger partial charge in [-0.1, -0.05) is 0 Å². The van der Waals surface area contributed by atoms with E-state index >= 15 is 0 Å². The first-order chi connectivity index (χ1) is 10.2. The predicted molar refractivity (Wildman–Crippen MR) is 80.0 cm³/mol. The molecule has 0 aromatic heterocycles. The Hall–Kier alpha value is -1.50. The van der Waals surface area contributed by atoms with Crippen molar-refractivity contribution >= 4 is 0 Å². The van der Waals surface area contributed by atoms with Gasteiger partial charge in [-0.25, -0.2) is 0 Å². The van der Waals surface area contributed by atoms with Crippen LogP contribution in [0.5, 0.6) is 17.2 Å². The van der Waals surface area contributed by atoms with Crippen molar-refractivity contribution in [3.8, 4) is 17.2 Å². The Labute approximate surface area is 125 Å². The monoisotopic (exact) mass is 293 g/mol. The highest BCUT2D eigenvalue weighted by molar-refractivity contribution is 5.55. The molecule has 0 bridgehead atoms. The van der Waals surface area contributed by atoms with E-state index < -0.39 is 0 Å². The zero-order valence-electron chi connectivity index (χ0n) is 12.7. The number of ether oxygens (including phenoxy) is 3. The first-order valence-corrected chi connectivity index (χ1v) is 7.33. The van der Waals surface area contributed by atoms with Gasteiger partial charge < -0.3 is 24.8 Å². The second-order valence-electron chi connectivity index (χ2n) is 5.55. The third-order valence-corrected chi connectivity index (χ3v) is 4.27. The van der Waals surface area contributed by atoms with E-state index in [1.807, 2.05) is 12.1 Å². The molecule has 21 heavy (non-hydrogen) atoms. The summed E-state index contributed by atoms with van der Waals surface area (Å²) < 4.78 is 16.4. The first kappa shape index (κ1) is 14.4. The normalized spacial score (nSPS) is 20.5. The molecule has 1 atom stereocenters. The molecule has 0 amide bonds. The number of hydrogen-bond donors (Lipinski definition) is 1. The highest BCUT2D eigenvalue weighted by Crippen LogP contribution is 2.43. The molecular weight excluding hydrogens is 270 g/mol. The Morgan fingerprint density at radius 1 is 1.24 bits per heavy atom. The standard InChI is InChI=1S/C15H23N3O3/c1-17-3-5-18(6-4-17)12(9-16)11-7-13(19-2)15-14(8-11)20-10-21-15/h7-8,12H,3-6,9-10,16H2,1-2H3. The molecule has 1 aromatic carbocycles. The summed E-state index contributed by atoms with van der Waals surface area (Å²) in [5, 5.41) is 0. The van der Waals surface area contributed by atoms with Crippen LogP contribution in [0.3, 0.4) is 0 Å². The minimum atomic E-state index is 0.183. The van der Waals surface area contributed by atoms with Crippen LogP contribution in [0, 0.1) is 0 Å². The number of rotatable bonds is 4. The van der Waals surface area contributed by atoms with Crippen molar-refractivity contribution < 1.29 is 14.2 Å². The second-order valence-corrected chi connectivity index (χ2v) is 5.55. The second kappa shape index (κ2) is 6.09. The summed E-state index contributed by atoms with van der Waals surface area (Å²) in [4.78, 5) is 4.77. The van der Waals surface area contributed by atoms with E-state index in [9.17, 15) is 0 Å². The number of benzene rings is 1. The number of nitrogens with two attached hydrogens (primary N) is 1. The molecule has 1 aromatic rings. The number of piperazine rings is 1. The fourth-order valence-electron chi connectivity index (χ4n) is 2.97. The van der Waals surface area contributed by atoms with Crippen LogP contribution in [-0.2, 0) is 0 Å². The lowest BCUT2D eigenvalue weighted by Gasteiger charge is -2.37. The van der Waals surface area contributed by atoms with Gasteiger partial charge in [0.05, 0.1) is 7.11 Å². The summed E-state index contributed by atoms with van der Waals surface area (Å²) in [6.45, 7) is 5.00. The number of hydrogen-bond acceptors (Lipinski definition) is 6. The Bertz CT molecular complexity index is 501. The molecule has 0 aliphatic carbocycles. The van der Waals surface area contributed by atoms with E-state index in [-0.39, 0.29) is 12.8 Å². The van der Waals surface area contributed by atoms with Crippen molar-refractivity contribution in [2.24, 2.45) is 5.73 Å². The van der Waals surface area contributed by atoms with Crippen molar-refractivity contribution in [2.45, 2.75) is 6.04 Å². The van der Waals surface area contributed by atoms with E-state index in [4.69, 9.17) is 19.9 Å². The van der Waals surface area contributed by atoms with Gasteiger partial charge in [0.1, 0.15) is 0 Å². The molecule has 0 saturated carbocycles. The maximum absolute atomic E-state index is 6.04. The van der Waals surface area contributed by atoms with Crippen molar-refractivity contribution in [1.29, 1.82) is 0 Å². The van der Waals surface area contributed by atoms with E-state index in [0.29, 0.717) is 18.0 Å². The van der Waals surface area contributed by atoms with E-state index in [1.165, 1.54) is 0 Å². The maximum Gasteiger partial charge on any atom is 0.231 e. The van der Waals surface area contributed by atoms with Crippen LogP contribution in [0.25, 0.3) is 0 Å². The maximum atomic E-state index is 6.04. The van der Waals surface area contributed by atoms with Gasteiger partial charge in [0.25, 0.3) is 0 Å². The highest BCUT2D eigenvalue weighted by Gasteiger charge is 2.27. The average molecular weight is 293 g/mol. The zero-order valence-corrected chi connectivity index (χ0v) is 12.7. The Morgan fingerprint density at radius 2 is 2.00 bits per heavy atom. The fourth-order valence-corrected chi connectivity index (χ4v) is 2.97. The summed E-state index contributed by atoms with van der Waals surface area (Å²) >= 11 is 0. The number of nitrogens with zero attached hydrogens (tertiary/aromatic N) is 2. The smallest absolute Gasteiger partial charge is 0.231 e. The topological polar surface area (TPSA) is 60.2 Å². The van der Waals surface area contributed by atoms with Crippen molar-refractivity contribution in [2.75, 3.05) is 53.7 Å². The lowest BCUT2D eigenvalue weighted by atomic mass is 10.0. The van der Waals surface area contributed by atoms with Crippen LogP contribution in [0.4, 0.5) is 0 Å². The van der Waals surface area contributed by atoms with Crippen LogP contribution < -0.4 is 19.9 Å². The molecule has 2 heterocycles. The van der Waals surface area contributed by atoms with Crippen LogP contribution in [-0.4, -0.2) is 63.5 Å². The predicted octanol–water partition coefficient (Wildman–Crippen LogP) is 0.671. The molecule has 3 rings (SSSR count). The Kier molecular flexibility index (Phi) is 4.19. The van der Waals surface area contributed by atoms with E-state index in [2.05, 4.69) is 16.8 Å². The molecule has 2 aliphatic rings. The summed E-state index contributed by atoms with van der Waals surface area (Å²) in [7, 11) is 3.80. The van der Waals surface area contributed by atoms with E-state index in [1.54, 1.807) is 7.11 Å². The van der Waals surface area contributed by atoms with Gasteiger partial charge in [-0.2, -0.15) is 0 Å². The number of likely N-dealkylation sites (N-methyl/N-ethyl adjacent to an activating group) is 1. The molecule has 0 spiro atoms. The largest absolute Gasteiger partial charge is 0.493 e. The minimum Gasteiger partial charge on any atom is -0.493 e. The quantitative estimate of drug-likeness (QED) is 0.880. The van der Waals surface area contributed by atoms with Gasteiger partial charge in [0, 0.05) is 38.8 Å². The Morgan fingerprint density at radius 3 is 2.67 bits per heavy atom. The van der Waals surface area contributed by atoms with Gasteiger partial charge in [-0.15, -0.1) is 0 Å². The zero-order chi connectivity index (χ0) is 14.8. The van der Waals surface area contributed by atoms with Crippen LogP contribution >= 0.6 is 0 Å². The van der Waals surface area contributed by atoms with Crippen molar-refractivity contribution in [3.05, 3.63) is 17.7 Å². The molecule has 2 aliphatic heterocycles. The summed E-state index contributed by atoms with van der Waals surface area (Å²) in [5.41, 5.74) is 7.17. The van der Waals surface area contributed by atoms with Crippen molar-refractivity contribution in [3.63, 3.8) is 0 Å². The highest BCUT2D eigenvalue weighted by atomic mass is 16.7. The molecule has 2 N–H and O–H groups in total. The molecule has 0 radical (unpaired) electrons. The number of methoxy groups -OCH3 is 1. The number of fused-ring (bicyclic) bond motifs is 1. The van der Waals surface area contributed by atoms with Gasteiger partial charge in [-0.05, 0) is 24.7 Å². The summed E-state index contributed by atoms with van der Waals surface area (Å²) in [5.74, 6) is 2.15. The van der Waals surface area contributed by atoms with Crippen LogP contribution in [0.1, 0.15) is 11.6 Å². The van der Waals surface area contributed by atoms with Crippen LogP contribution in [0.15, 0.2) is 12.1 Å². The fraction of sp³-hybridized carbons (Fsp3) is 0.600. The molecule has 1 unspecified atom stereocenters. The first-order valence-electron chi connectivity index (χ1n) is 7.33. The van der Waals surface area contributed by atoms with Crippen LogP contribution in [0.2, 0.25) is 0 Å². The molecule has 1 fully saturated rings. The third-order valence-electron chi connectivity index (χ3n) is 4.27. The Balaban J connectivity index is 1.87. The molecule has 6 nitrogen and oxygen atoms in total. The lowest BCUT2D eigenvalue weighted by Crippen LogP contribution is -2.47. The summed E-state index contributed by atoms with van der Waals surface area (Å²) in [6.07, 6.45) is 0.